The number of nitrogens with one attached hydrogen (secondary N) is 1. The Hall–Kier alpha value is -2.50. The molecule has 0 saturated heterocycles. The Balaban J connectivity index is 2.08. The van der Waals surface area contributed by atoms with E-state index in [2.05, 4.69) is 15.3 Å². The number of benzene rings is 1. The van der Waals surface area contributed by atoms with Gasteiger partial charge in [0, 0.05) is 23.4 Å². The fourth-order valence-electron chi connectivity index (χ4n) is 1.90. The van der Waals surface area contributed by atoms with Crippen LogP contribution in [0.4, 0.5) is 4.39 Å². The number of hydrogen-bond acceptors (Lipinski definition) is 4. The van der Waals surface area contributed by atoms with Crippen LogP contribution in [-0.2, 0) is 4.79 Å². The Bertz CT molecular complexity index is 674. The van der Waals surface area contributed by atoms with E-state index in [4.69, 9.17) is 4.74 Å². The lowest BCUT2D eigenvalue weighted by atomic mass is 10.2. The predicted octanol–water partition coefficient (Wildman–Crippen LogP) is 2.88. The lowest BCUT2D eigenvalue weighted by Crippen LogP contribution is -2.35. The number of amides is 1. The molecule has 6 heteroatoms. The van der Waals surface area contributed by atoms with E-state index in [1.54, 1.807) is 25.1 Å². The predicted molar refractivity (Wildman–Crippen MR) is 85.6 cm³/mol. The maximum absolute atomic E-state index is 13.0. The zero-order valence-electron chi connectivity index (χ0n) is 13.5. The molecule has 0 bridgehead atoms. The molecule has 1 heterocycles. The first kappa shape index (κ1) is 16.9. The summed E-state index contributed by atoms with van der Waals surface area (Å²) < 4.78 is 18.4. The number of halogens is 1. The highest BCUT2D eigenvalue weighted by atomic mass is 19.1. The number of carbonyl (C=O) groups excluding carboxylic acids is 1. The molecule has 0 aliphatic carbocycles. The van der Waals surface area contributed by atoms with Gasteiger partial charge in [-0.2, -0.15) is 4.98 Å². The molecule has 0 spiro atoms. The van der Waals surface area contributed by atoms with Gasteiger partial charge in [-0.25, -0.2) is 9.37 Å². The summed E-state index contributed by atoms with van der Waals surface area (Å²) in [6.45, 7) is 5.62. The second-order valence-corrected chi connectivity index (χ2v) is 5.34. The second kappa shape index (κ2) is 7.67. The number of rotatable bonds is 6. The van der Waals surface area contributed by atoms with Crippen LogP contribution in [0.15, 0.2) is 30.3 Å². The van der Waals surface area contributed by atoms with Gasteiger partial charge in [0.05, 0.1) is 0 Å². The van der Waals surface area contributed by atoms with Gasteiger partial charge in [-0.15, -0.1) is 0 Å². The molecule has 2 rings (SSSR count). The Morgan fingerprint density at radius 1 is 1.30 bits per heavy atom. The number of aryl methyl sites for hydroxylation is 1. The average Bonchev–Trinajstić information content (AvgIpc) is 2.53. The minimum Gasteiger partial charge on any atom is -0.467 e. The summed E-state index contributed by atoms with van der Waals surface area (Å²) in [6.07, 6.45) is 0.854. The molecular formula is C17H20FN3O2. The van der Waals surface area contributed by atoms with Gasteiger partial charge in [-0.05, 0) is 44.5 Å². The molecule has 0 radical (unpaired) electrons. The van der Waals surface area contributed by atoms with Crippen LogP contribution in [0.25, 0.3) is 11.4 Å². The smallest absolute Gasteiger partial charge is 0.258 e. The zero-order chi connectivity index (χ0) is 16.8. The number of carbonyl (C=O) groups is 1. The highest BCUT2D eigenvalue weighted by Gasteiger charge is 2.09. The minimum absolute atomic E-state index is 0.105. The van der Waals surface area contributed by atoms with Gasteiger partial charge in [-0.3, -0.25) is 4.79 Å². The summed E-state index contributed by atoms with van der Waals surface area (Å²) in [7, 11) is 0. The standard InChI is InChI=1S/C17H20FN3O2/c1-4-11(2)19-15(22)10-23-16-9-12(3)20-17(21-16)13-5-7-14(18)8-6-13/h5-9,11H,4,10H2,1-3H3,(H,19,22)/t11-/m1/s1. The molecule has 1 N–H and O–H groups in total. The van der Waals surface area contributed by atoms with E-state index in [0.29, 0.717) is 23.0 Å². The summed E-state index contributed by atoms with van der Waals surface area (Å²) in [6, 6.07) is 7.66. The SMILES string of the molecule is CC[C@@H](C)NC(=O)COc1cc(C)nc(-c2ccc(F)cc2)n1. The molecule has 0 unspecified atom stereocenters. The van der Waals surface area contributed by atoms with Gasteiger partial charge in [0.15, 0.2) is 12.4 Å². The van der Waals surface area contributed by atoms with Crippen LogP contribution < -0.4 is 10.1 Å². The second-order valence-electron chi connectivity index (χ2n) is 5.34. The van der Waals surface area contributed by atoms with Crippen LogP contribution in [0.5, 0.6) is 5.88 Å². The van der Waals surface area contributed by atoms with Crippen molar-refractivity contribution in [2.24, 2.45) is 0 Å². The van der Waals surface area contributed by atoms with Crippen molar-refractivity contribution >= 4 is 5.91 Å². The lowest BCUT2D eigenvalue weighted by molar-refractivity contribution is -0.123. The average molecular weight is 317 g/mol. The van der Waals surface area contributed by atoms with E-state index >= 15 is 0 Å². The van der Waals surface area contributed by atoms with Gasteiger partial charge in [0.25, 0.3) is 5.91 Å². The van der Waals surface area contributed by atoms with Crippen molar-refractivity contribution in [2.45, 2.75) is 33.2 Å². The molecule has 5 nitrogen and oxygen atoms in total. The molecule has 23 heavy (non-hydrogen) atoms. The van der Waals surface area contributed by atoms with E-state index in [0.717, 1.165) is 6.42 Å². The van der Waals surface area contributed by atoms with Crippen molar-refractivity contribution in [1.29, 1.82) is 0 Å². The van der Waals surface area contributed by atoms with Gasteiger partial charge >= 0.3 is 0 Å². The van der Waals surface area contributed by atoms with Crippen LogP contribution in [-0.4, -0.2) is 28.5 Å². The van der Waals surface area contributed by atoms with Crippen LogP contribution in [0.3, 0.4) is 0 Å². The maximum Gasteiger partial charge on any atom is 0.258 e. The van der Waals surface area contributed by atoms with Crippen molar-refractivity contribution in [3.63, 3.8) is 0 Å². The molecule has 0 aliphatic heterocycles. The zero-order valence-corrected chi connectivity index (χ0v) is 13.5. The maximum atomic E-state index is 13.0. The molecule has 0 aliphatic rings. The summed E-state index contributed by atoms with van der Waals surface area (Å²) in [5.41, 5.74) is 1.39. The molecule has 1 aromatic heterocycles. The highest BCUT2D eigenvalue weighted by molar-refractivity contribution is 5.77. The van der Waals surface area contributed by atoms with Gasteiger partial charge in [-0.1, -0.05) is 6.92 Å². The first-order valence-corrected chi connectivity index (χ1v) is 7.51. The van der Waals surface area contributed by atoms with Crippen LogP contribution in [0, 0.1) is 12.7 Å². The molecule has 2 aromatic rings. The van der Waals surface area contributed by atoms with Crippen molar-refractivity contribution in [3.05, 3.63) is 41.8 Å². The van der Waals surface area contributed by atoms with E-state index in [1.165, 1.54) is 12.1 Å². The summed E-state index contributed by atoms with van der Waals surface area (Å²) in [4.78, 5) is 20.3. The third kappa shape index (κ3) is 5.02. The largest absolute Gasteiger partial charge is 0.467 e. The third-order valence-corrected chi connectivity index (χ3v) is 3.30. The molecule has 1 aromatic carbocycles. The molecule has 122 valence electrons. The lowest BCUT2D eigenvalue weighted by Gasteiger charge is -2.12. The first-order valence-electron chi connectivity index (χ1n) is 7.51. The van der Waals surface area contributed by atoms with E-state index in [1.807, 2.05) is 13.8 Å². The molecule has 1 amide bonds. The summed E-state index contributed by atoms with van der Waals surface area (Å²) in [5, 5.41) is 2.82. The van der Waals surface area contributed by atoms with Crippen LogP contribution >= 0.6 is 0 Å². The topological polar surface area (TPSA) is 64.1 Å². The Kier molecular flexibility index (Phi) is 5.62. The Labute approximate surface area is 134 Å². The quantitative estimate of drug-likeness (QED) is 0.890. The van der Waals surface area contributed by atoms with E-state index in [-0.39, 0.29) is 24.4 Å². The number of hydrogen-bond donors (Lipinski definition) is 1. The molecule has 1 atom stereocenters. The Morgan fingerprint density at radius 3 is 2.65 bits per heavy atom. The monoisotopic (exact) mass is 317 g/mol. The van der Waals surface area contributed by atoms with Crippen LogP contribution in [0.2, 0.25) is 0 Å². The number of nitrogens with zero attached hydrogens (tertiary/aromatic N) is 2. The summed E-state index contributed by atoms with van der Waals surface area (Å²) in [5.74, 6) is 0.233. The minimum atomic E-state index is -0.320. The van der Waals surface area contributed by atoms with Crippen molar-refractivity contribution < 1.29 is 13.9 Å². The van der Waals surface area contributed by atoms with Gasteiger partial charge in [0.1, 0.15) is 5.82 Å². The Morgan fingerprint density at radius 2 is 2.00 bits per heavy atom. The first-order chi connectivity index (χ1) is 11.0. The van der Waals surface area contributed by atoms with Gasteiger partial charge in [0.2, 0.25) is 5.88 Å². The number of ether oxygens (including phenoxy) is 1. The normalized spacial score (nSPS) is 11.8. The fourth-order valence-corrected chi connectivity index (χ4v) is 1.90. The summed E-state index contributed by atoms with van der Waals surface area (Å²) >= 11 is 0. The third-order valence-electron chi connectivity index (χ3n) is 3.30. The molecular weight excluding hydrogens is 297 g/mol. The van der Waals surface area contributed by atoms with Crippen molar-refractivity contribution in [1.82, 2.24) is 15.3 Å². The molecule has 0 fully saturated rings. The van der Waals surface area contributed by atoms with Crippen LogP contribution in [0.1, 0.15) is 26.0 Å². The van der Waals surface area contributed by atoms with Crippen molar-refractivity contribution in [2.75, 3.05) is 6.61 Å². The van der Waals surface area contributed by atoms with E-state index < -0.39 is 0 Å². The number of aromatic nitrogens is 2. The highest BCUT2D eigenvalue weighted by Crippen LogP contribution is 2.19. The van der Waals surface area contributed by atoms with Crippen molar-refractivity contribution in [3.8, 4) is 17.3 Å². The molecule has 0 saturated carbocycles. The fraction of sp³-hybridized carbons (Fsp3) is 0.353. The van der Waals surface area contributed by atoms with Gasteiger partial charge < -0.3 is 10.1 Å². The van der Waals surface area contributed by atoms with E-state index in [9.17, 15) is 9.18 Å².